The average molecular weight is 278 g/mol. The van der Waals surface area contributed by atoms with Crippen LogP contribution in [0.3, 0.4) is 0 Å². The van der Waals surface area contributed by atoms with Crippen LogP contribution < -0.4 is 10.5 Å². The van der Waals surface area contributed by atoms with Gasteiger partial charge in [-0.1, -0.05) is 30.0 Å². The Kier molecular flexibility index (Phi) is 4.40. The predicted molar refractivity (Wildman–Crippen MR) is 71.7 cm³/mol. The zero-order valence-corrected chi connectivity index (χ0v) is 11.3. The highest BCUT2D eigenvalue weighted by Crippen LogP contribution is 2.16. The Labute approximate surface area is 115 Å². The molecule has 2 rings (SSSR count). The first kappa shape index (κ1) is 13.4. The Morgan fingerprint density at radius 3 is 2.79 bits per heavy atom. The van der Waals surface area contributed by atoms with Crippen molar-refractivity contribution in [3.05, 3.63) is 36.2 Å². The molecule has 0 aliphatic carbocycles. The molecule has 0 atom stereocenters. The van der Waals surface area contributed by atoms with Crippen molar-refractivity contribution in [3.8, 4) is 5.75 Å². The van der Waals surface area contributed by atoms with Gasteiger partial charge in [0.05, 0.1) is 5.75 Å². The number of nitrogens with zero attached hydrogens (tertiary/aromatic N) is 3. The highest BCUT2D eigenvalue weighted by molar-refractivity contribution is 7.99. The zero-order valence-electron chi connectivity index (χ0n) is 10.4. The second-order valence-corrected chi connectivity index (χ2v) is 4.76. The van der Waals surface area contributed by atoms with E-state index in [1.165, 1.54) is 11.8 Å². The van der Waals surface area contributed by atoms with Crippen LogP contribution in [0.4, 0.5) is 0 Å². The van der Waals surface area contributed by atoms with Crippen LogP contribution in [0.5, 0.6) is 5.75 Å². The van der Waals surface area contributed by atoms with Gasteiger partial charge in [-0.2, -0.15) is 0 Å². The summed E-state index contributed by atoms with van der Waals surface area (Å²) in [6.45, 7) is 0.324. The molecule has 1 aromatic carbocycles. The largest absolute Gasteiger partial charge is 0.486 e. The molecule has 0 aliphatic rings. The molecule has 0 saturated carbocycles. The molecule has 7 heteroatoms. The fraction of sp³-hybridized carbons (Fsp3) is 0.250. The van der Waals surface area contributed by atoms with Gasteiger partial charge < -0.3 is 15.0 Å². The Morgan fingerprint density at radius 2 is 2.11 bits per heavy atom. The minimum atomic E-state index is -0.380. The summed E-state index contributed by atoms with van der Waals surface area (Å²) in [7, 11) is 1.83. The minimum Gasteiger partial charge on any atom is -0.486 e. The molecule has 1 aromatic heterocycles. The fourth-order valence-electron chi connectivity index (χ4n) is 1.40. The third-order valence-corrected chi connectivity index (χ3v) is 3.42. The zero-order chi connectivity index (χ0) is 13.7. The third-order valence-electron chi connectivity index (χ3n) is 2.38. The number of thioether (sulfide) groups is 1. The van der Waals surface area contributed by atoms with Crippen molar-refractivity contribution in [2.24, 2.45) is 12.8 Å². The lowest BCUT2D eigenvalue weighted by molar-refractivity contribution is -0.115. The van der Waals surface area contributed by atoms with Crippen LogP contribution in [0, 0.1) is 0 Å². The van der Waals surface area contributed by atoms with Gasteiger partial charge in [0, 0.05) is 7.05 Å². The molecular formula is C12H14N4O2S. The number of hydrogen-bond acceptors (Lipinski definition) is 5. The number of rotatable bonds is 6. The highest BCUT2D eigenvalue weighted by Gasteiger charge is 2.10. The Balaban J connectivity index is 1.96. The summed E-state index contributed by atoms with van der Waals surface area (Å²) in [6.07, 6.45) is 0. The molecule has 1 heterocycles. The number of carbonyl (C=O) groups is 1. The molecule has 0 saturated heterocycles. The maximum atomic E-state index is 10.7. The first-order chi connectivity index (χ1) is 9.16. The van der Waals surface area contributed by atoms with Crippen LogP contribution in [-0.4, -0.2) is 26.4 Å². The fourth-order valence-corrected chi connectivity index (χ4v) is 2.07. The number of hydrogen-bond donors (Lipinski definition) is 1. The molecule has 0 aliphatic heterocycles. The predicted octanol–water partition coefficient (Wildman–Crippen LogP) is 0.971. The Morgan fingerprint density at radius 1 is 1.37 bits per heavy atom. The second kappa shape index (κ2) is 6.24. The number of para-hydroxylation sites is 1. The van der Waals surface area contributed by atoms with E-state index in [-0.39, 0.29) is 11.7 Å². The second-order valence-electron chi connectivity index (χ2n) is 3.81. The molecule has 0 fully saturated rings. The average Bonchev–Trinajstić information content (AvgIpc) is 2.76. The van der Waals surface area contributed by atoms with Gasteiger partial charge in [-0.3, -0.25) is 4.79 Å². The van der Waals surface area contributed by atoms with E-state index >= 15 is 0 Å². The van der Waals surface area contributed by atoms with Crippen LogP contribution in [-0.2, 0) is 18.4 Å². The molecule has 0 spiro atoms. The van der Waals surface area contributed by atoms with E-state index in [4.69, 9.17) is 10.5 Å². The topological polar surface area (TPSA) is 83.0 Å². The quantitative estimate of drug-likeness (QED) is 0.796. The van der Waals surface area contributed by atoms with Crippen molar-refractivity contribution in [1.82, 2.24) is 14.8 Å². The van der Waals surface area contributed by atoms with E-state index in [1.807, 2.05) is 37.4 Å². The van der Waals surface area contributed by atoms with Gasteiger partial charge in [-0.25, -0.2) is 0 Å². The third kappa shape index (κ3) is 3.72. The molecule has 0 radical (unpaired) electrons. The molecule has 0 unspecified atom stereocenters. The monoisotopic (exact) mass is 278 g/mol. The summed E-state index contributed by atoms with van der Waals surface area (Å²) in [5.41, 5.74) is 5.09. The van der Waals surface area contributed by atoms with E-state index in [1.54, 1.807) is 4.57 Å². The van der Waals surface area contributed by atoms with E-state index < -0.39 is 0 Å². The van der Waals surface area contributed by atoms with E-state index in [2.05, 4.69) is 10.2 Å². The summed E-state index contributed by atoms with van der Waals surface area (Å²) >= 11 is 1.26. The van der Waals surface area contributed by atoms with Crippen LogP contribution in [0.25, 0.3) is 0 Å². The molecule has 0 bridgehead atoms. The maximum absolute atomic E-state index is 10.7. The Hall–Kier alpha value is -2.02. The molecule has 100 valence electrons. The SMILES string of the molecule is Cn1c(COc2ccccc2)nnc1SCC(N)=O. The highest BCUT2D eigenvalue weighted by atomic mass is 32.2. The van der Waals surface area contributed by atoms with E-state index in [9.17, 15) is 4.79 Å². The summed E-state index contributed by atoms with van der Waals surface area (Å²) in [5.74, 6) is 1.27. The number of nitrogens with two attached hydrogens (primary N) is 1. The van der Waals surface area contributed by atoms with Crippen molar-refractivity contribution in [2.45, 2.75) is 11.8 Å². The van der Waals surface area contributed by atoms with Crippen molar-refractivity contribution >= 4 is 17.7 Å². The van der Waals surface area contributed by atoms with Gasteiger partial charge in [-0.05, 0) is 12.1 Å². The van der Waals surface area contributed by atoms with Gasteiger partial charge in [0.1, 0.15) is 12.4 Å². The lowest BCUT2D eigenvalue weighted by Gasteiger charge is -2.05. The molecule has 6 nitrogen and oxygen atoms in total. The Bertz CT molecular complexity index is 556. The van der Waals surface area contributed by atoms with Crippen LogP contribution in [0.1, 0.15) is 5.82 Å². The van der Waals surface area contributed by atoms with Crippen molar-refractivity contribution in [2.75, 3.05) is 5.75 Å². The van der Waals surface area contributed by atoms with Crippen molar-refractivity contribution < 1.29 is 9.53 Å². The van der Waals surface area contributed by atoms with E-state index in [0.29, 0.717) is 17.6 Å². The van der Waals surface area contributed by atoms with Crippen molar-refractivity contribution in [3.63, 3.8) is 0 Å². The lowest BCUT2D eigenvalue weighted by atomic mass is 10.3. The molecule has 19 heavy (non-hydrogen) atoms. The first-order valence-corrected chi connectivity index (χ1v) is 6.62. The number of benzene rings is 1. The normalized spacial score (nSPS) is 10.4. The van der Waals surface area contributed by atoms with Crippen LogP contribution in [0.15, 0.2) is 35.5 Å². The number of primary amides is 1. The van der Waals surface area contributed by atoms with Crippen LogP contribution in [0.2, 0.25) is 0 Å². The molecule has 1 amide bonds. The van der Waals surface area contributed by atoms with Gasteiger partial charge in [0.2, 0.25) is 5.91 Å². The van der Waals surface area contributed by atoms with Crippen molar-refractivity contribution in [1.29, 1.82) is 0 Å². The van der Waals surface area contributed by atoms with Gasteiger partial charge in [0.15, 0.2) is 11.0 Å². The summed E-state index contributed by atoms with van der Waals surface area (Å²) in [5, 5.41) is 8.66. The lowest BCUT2D eigenvalue weighted by Crippen LogP contribution is -2.13. The number of amides is 1. The molecule has 2 N–H and O–H groups in total. The minimum absolute atomic E-state index is 0.186. The van der Waals surface area contributed by atoms with E-state index in [0.717, 1.165) is 5.75 Å². The summed E-state index contributed by atoms with van der Waals surface area (Å²) in [6, 6.07) is 9.48. The summed E-state index contributed by atoms with van der Waals surface area (Å²) < 4.78 is 7.38. The van der Waals surface area contributed by atoms with Gasteiger partial charge in [0.25, 0.3) is 0 Å². The summed E-state index contributed by atoms with van der Waals surface area (Å²) in [4.78, 5) is 10.7. The molecular weight excluding hydrogens is 264 g/mol. The smallest absolute Gasteiger partial charge is 0.227 e. The molecule has 2 aromatic rings. The van der Waals surface area contributed by atoms with Gasteiger partial charge >= 0.3 is 0 Å². The number of carbonyl (C=O) groups excluding carboxylic acids is 1. The standard InChI is InChI=1S/C12H14N4O2S/c1-16-11(7-18-9-5-3-2-4-6-9)14-15-12(16)19-8-10(13)17/h2-6H,7-8H2,1H3,(H2,13,17). The number of ether oxygens (including phenoxy) is 1. The number of aromatic nitrogens is 3. The first-order valence-electron chi connectivity index (χ1n) is 5.64. The van der Waals surface area contributed by atoms with Crippen LogP contribution >= 0.6 is 11.8 Å². The maximum Gasteiger partial charge on any atom is 0.227 e. The van der Waals surface area contributed by atoms with Gasteiger partial charge in [-0.15, -0.1) is 10.2 Å².